The second kappa shape index (κ2) is 29.4. The maximum atomic E-state index is 5.76. The van der Waals surface area contributed by atoms with Crippen molar-refractivity contribution in [1.29, 1.82) is 0 Å². The lowest BCUT2D eigenvalue weighted by Crippen LogP contribution is -2.32. The van der Waals surface area contributed by atoms with E-state index in [0.717, 1.165) is 144 Å². The van der Waals surface area contributed by atoms with E-state index in [1.165, 1.54) is 97.3 Å². The van der Waals surface area contributed by atoms with E-state index in [2.05, 4.69) is 431 Å². The van der Waals surface area contributed by atoms with Crippen molar-refractivity contribution in [3.63, 3.8) is 0 Å². The van der Waals surface area contributed by atoms with Crippen molar-refractivity contribution in [2.45, 2.75) is 30.4 Å². The molecule has 6 nitrogen and oxygen atoms in total. The molecule has 0 amide bonds. The van der Waals surface area contributed by atoms with Crippen molar-refractivity contribution in [3.05, 3.63) is 481 Å². The number of fused-ring (bicyclic) bond motifs is 26. The van der Waals surface area contributed by atoms with Crippen LogP contribution < -0.4 is 0 Å². The number of aromatic nitrogens is 6. The fraction of sp³-hybridized carbons (Fsp3) is 0.0167. The average molecular weight is 1660 g/mol. The van der Waals surface area contributed by atoms with Gasteiger partial charge in [0.25, 0.3) is 0 Å². The first kappa shape index (κ1) is 73.7. The van der Waals surface area contributed by atoms with Gasteiger partial charge >= 0.3 is 0 Å². The Kier molecular flexibility index (Phi) is 16.9. The number of rotatable bonds is 11. The Morgan fingerprint density at radius 2 is 0.484 bits per heavy atom. The average Bonchev–Trinajstić information content (AvgIpc) is 1.51. The fourth-order valence-electron chi connectivity index (χ4n) is 21.2. The molecule has 0 N–H and O–H groups in total. The molecule has 4 aromatic heterocycles. The van der Waals surface area contributed by atoms with Crippen molar-refractivity contribution < 1.29 is 0 Å². The molecule has 2 spiro atoms. The van der Waals surface area contributed by atoms with Gasteiger partial charge in [-0.1, -0.05) is 388 Å². The number of hydrogen-bond donors (Lipinski definition) is 0. The Bertz CT molecular complexity index is 8330. The topological polar surface area (TPSA) is 77.3 Å². The molecule has 4 aliphatic rings. The molecule has 0 saturated heterocycles. The molecule has 1 unspecified atom stereocenters. The summed E-state index contributed by atoms with van der Waals surface area (Å²) in [5.41, 5.74) is 35.3. The van der Waals surface area contributed by atoms with E-state index in [0.29, 0.717) is 11.6 Å². The van der Waals surface area contributed by atoms with Gasteiger partial charge in [0.2, 0.25) is 0 Å². The van der Waals surface area contributed by atoms with Crippen LogP contribution in [0.2, 0.25) is 0 Å². The molecule has 2 aliphatic carbocycles. The van der Waals surface area contributed by atoms with Gasteiger partial charge in [-0.3, -0.25) is 0 Å². The molecule has 0 bridgehead atoms. The third kappa shape index (κ3) is 11.5. The predicted molar refractivity (Wildman–Crippen MR) is 526 cm³/mol. The van der Waals surface area contributed by atoms with Crippen molar-refractivity contribution in [2.75, 3.05) is 0 Å². The van der Waals surface area contributed by atoms with Crippen LogP contribution in [0.1, 0.15) is 44.5 Å². The summed E-state index contributed by atoms with van der Waals surface area (Å²) in [5, 5.41) is 6.60. The molecule has 26 rings (SSSR count). The lowest BCUT2D eigenvalue weighted by Gasteiger charge is -2.40. The van der Waals surface area contributed by atoms with E-state index < -0.39 is 10.8 Å². The quantitative estimate of drug-likeness (QED) is 0.119. The van der Waals surface area contributed by atoms with Gasteiger partial charge in [0.05, 0.1) is 56.0 Å². The van der Waals surface area contributed by atoms with E-state index in [1.807, 2.05) is 29.6 Å². The Hall–Kier alpha value is -15.8. The molecule has 0 fully saturated rings. The second-order valence-corrected chi connectivity index (χ2v) is 35.9. The molecule has 0 radical (unpaired) electrons. The van der Waals surface area contributed by atoms with Crippen LogP contribution in [-0.4, -0.2) is 29.9 Å². The van der Waals surface area contributed by atoms with Crippen LogP contribution in [0.5, 0.6) is 0 Å². The van der Waals surface area contributed by atoms with Crippen LogP contribution in [-0.2, 0) is 10.8 Å². The zero-order chi connectivity index (χ0) is 84.1. The van der Waals surface area contributed by atoms with Crippen LogP contribution >= 0.6 is 23.5 Å². The number of hydrogen-bond acceptors (Lipinski definition) is 8. The summed E-state index contributed by atoms with van der Waals surface area (Å²) in [6, 6.07) is 160. The molecular formula is C120H72N6S2. The molecule has 22 aromatic rings. The van der Waals surface area contributed by atoms with E-state index in [1.54, 1.807) is 0 Å². The lowest BCUT2D eigenvalue weighted by molar-refractivity contribution is 0.723. The minimum Gasteiger partial charge on any atom is -0.247 e. The van der Waals surface area contributed by atoms with E-state index in [4.69, 9.17) is 29.9 Å². The molecule has 1 atom stereocenters. The Labute approximate surface area is 748 Å². The maximum absolute atomic E-state index is 5.76. The molecule has 2 aliphatic heterocycles. The number of nitrogens with zero attached hydrogens (tertiary/aromatic N) is 6. The summed E-state index contributed by atoms with van der Waals surface area (Å²) in [6.07, 6.45) is 0. The van der Waals surface area contributed by atoms with Gasteiger partial charge in [-0.25, -0.2) is 29.9 Å². The van der Waals surface area contributed by atoms with Gasteiger partial charge in [0.1, 0.15) is 0 Å². The highest BCUT2D eigenvalue weighted by Crippen LogP contribution is 2.67. The molecule has 6 heterocycles. The zero-order valence-corrected chi connectivity index (χ0v) is 70.7. The van der Waals surface area contributed by atoms with Gasteiger partial charge < -0.3 is 0 Å². The summed E-state index contributed by atoms with van der Waals surface area (Å²) in [6.45, 7) is 0. The van der Waals surface area contributed by atoms with Crippen LogP contribution in [0.15, 0.2) is 456 Å². The minimum atomic E-state index is -0.725. The van der Waals surface area contributed by atoms with Crippen LogP contribution in [0.4, 0.5) is 0 Å². The standard InChI is InChI=1S/C120H72N6S2/c1-6-28-73(29-7-1)75-52-54-76(55-53-75)103-71-105(124-117(123-103)79-36-14-5-15-37-79)84-57-64-101-91(68-84)112-90(116(121-101)78-34-12-4-13-35-78)60-63-100-114(112)88-43-17-19-45-94(88)120(100)97-48-22-25-51-109(97)128-110-70-82(56-61-98(110)120)81-39-27-41-86(67-81)118-125-104(83-40-26-38-80(66-83)74-30-8-2-9-31-74)72-106(126-118)85-58-65-102-92(69-85)111-89(115(122-102)77-32-10-3-11-33-77)59-62-99-113(111)87-42-16-18-44-93(87)119(99)95-46-20-23-49-107(95)127-108-50-24-21-47-96(108)119/h1-72H. The van der Waals surface area contributed by atoms with Gasteiger partial charge in [0.15, 0.2) is 11.6 Å². The highest BCUT2D eigenvalue weighted by Gasteiger charge is 2.53. The third-order valence-electron chi connectivity index (χ3n) is 26.8. The van der Waals surface area contributed by atoms with E-state index in [9.17, 15) is 0 Å². The van der Waals surface area contributed by atoms with Gasteiger partial charge in [-0.2, -0.15) is 0 Å². The lowest BCUT2D eigenvalue weighted by atomic mass is 9.67. The maximum Gasteiger partial charge on any atom is 0.160 e. The first-order valence-electron chi connectivity index (χ1n) is 43.6. The SMILES string of the molecule is c1ccc(-c2ccc(-c3cc(-c4ccc5nc(-c6ccccc6)c6ccc7c(c6c5c4)-c4ccccc4C74c5ccccc5Sc5cc(-c6cccc(-c7nc(-c8cccc(-c9ccccc9)c8)cc(-c8ccc9nc(-c%10ccccc%10)c%10ccc%11c(c%10c9c8)-c8ccccc8C%118c9ccccc9Sc9ccccc98)n7)c6)ccc54)nc(-c4ccccc4)n3)cc2)cc1. The van der Waals surface area contributed by atoms with E-state index in [-0.39, 0.29) is 0 Å². The molecule has 0 saturated carbocycles. The fourth-order valence-corrected chi connectivity index (χ4v) is 23.6. The van der Waals surface area contributed by atoms with Crippen molar-refractivity contribution in [2.24, 2.45) is 0 Å². The molecule has 128 heavy (non-hydrogen) atoms. The van der Waals surface area contributed by atoms with Gasteiger partial charge in [0, 0.05) is 96.4 Å². The number of benzene rings is 18. The summed E-state index contributed by atoms with van der Waals surface area (Å²) < 4.78 is 0. The normalized spacial score (nSPS) is 14.0. The van der Waals surface area contributed by atoms with Crippen molar-refractivity contribution in [1.82, 2.24) is 29.9 Å². The Morgan fingerprint density at radius 1 is 0.172 bits per heavy atom. The minimum absolute atomic E-state index is 0.579. The molecular weight excluding hydrogens is 1590 g/mol. The van der Waals surface area contributed by atoms with E-state index >= 15 is 0 Å². The highest BCUT2D eigenvalue weighted by atomic mass is 32.2. The monoisotopic (exact) mass is 1660 g/mol. The third-order valence-corrected chi connectivity index (χ3v) is 29.1. The number of pyridine rings is 2. The smallest absolute Gasteiger partial charge is 0.160 e. The van der Waals surface area contributed by atoms with Crippen LogP contribution in [0.25, 0.3) is 189 Å². The summed E-state index contributed by atoms with van der Waals surface area (Å²) in [5.74, 6) is 1.28. The first-order chi connectivity index (χ1) is 63.4. The zero-order valence-electron chi connectivity index (χ0n) is 69.1. The summed E-state index contributed by atoms with van der Waals surface area (Å²) in [4.78, 5) is 38.4. The Morgan fingerprint density at radius 3 is 0.977 bits per heavy atom. The summed E-state index contributed by atoms with van der Waals surface area (Å²) in [7, 11) is 0. The first-order valence-corrected chi connectivity index (χ1v) is 45.2. The van der Waals surface area contributed by atoms with Crippen molar-refractivity contribution >= 4 is 66.9 Å². The molecule has 8 heteroatoms. The summed E-state index contributed by atoms with van der Waals surface area (Å²) >= 11 is 3.73. The van der Waals surface area contributed by atoms with Crippen LogP contribution in [0, 0.1) is 0 Å². The van der Waals surface area contributed by atoms with Crippen LogP contribution in [0.3, 0.4) is 0 Å². The predicted octanol–water partition coefficient (Wildman–Crippen LogP) is 30.7. The van der Waals surface area contributed by atoms with Gasteiger partial charge in [-0.05, 0) is 173 Å². The molecule has 594 valence electrons. The highest BCUT2D eigenvalue weighted by molar-refractivity contribution is 7.99. The molecule has 18 aromatic carbocycles. The van der Waals surface area contributed by atoms with Crippen molar-refractivity contribution in [3.8, 4) is 146 Å². The Balaban J connectivity index is 0.638. The largest absolute Gasteiger partial charge is 0.247 e. The van der Waals surface area contributed by atoms with Gasteiger partial charge in [-0.15, -0.1) is 0 Å². The second-order valence-electron chi connectivity index (χ2n) is 33.7.